The summed E-state index contributed by atoms with van der Waals surface area (Å²) in [6, 6.07) is 0.869. The summed E-state index contributed by atoms with van der Waals surface area (Å²) in [5, 5.41) is 15.4. The fourth-order valence-electron chi connectivity index (χ4n) is 3.39. The van der Waals surface area contributed by atoms with Gasteiger partial charge in [-0.25, -0.2) is 4.79 Å². The summed E-state index contributed by atoms with van der Waals surface area (Å²) in [4.78, 5) is 14.3. The van der Waals surface area contributed by atoms with Gasteiger partial charge in [0.25, 0.3) is 0 Å². The highest BCUT2D eigenvalue weighted by molar-refractivity contribution is 5.74. The van der Waals surface area contributed by atoms with Gasteiger partial charge in [-0.15, -0.1) is 0 Å². The molecule has 2 aliphatic rings. The van der Waals surface area contributed by atoms with E-state index in [9.17, 15) is 9.90 Å². The lowest BCUT2D eigenvalue weighted by Gasteiger charge is -2.23. The van der Waals surface area contributed by atoms with Gasteiger partial charge in [0, 0.05) is 31.7 Å². The molecule has 116 valence electrons. The number of urea groups is 1. The number of likely N-dealkylation sites (tertiary alicyclic amines) is 1. The van der Waals surface area contributed by atoms with Crippen molar-refractivity contribution in [2.45, 2.75) is 70.1 Å². The molecule has 3 N–H and O–H groups in total. The average molecular weight is 283 g/mol. The average Bonchev–Trinajstić information content (AvgIpc) is 3.07. The molecule has 1 aliphatic carbocycles. The molecule has 2 fully saturated rings. The second-order valence-electron chi connectivity index (χ2n) is 6.22. The quantitative estimate of drug-likeness (QED) is 0.691. The van der Waals surface area contributed by atoms with Crippen LogP contribution in [0, 0.1) is 0 Å². The van der Waals surface area contributed by atoms with Gasteiger partial charge in [-0.05, 0) is 25.7 Å². The van der Waals surface area contributed by atoms with E-state index in [1.807, 2.05) is 6.92 Å². The lowest BCUT2D eigenvalue weighted by Crippen LogP contribution is -2.46. The summed E-state index contributed by atoms with van der Waals surface area (Å²) in [6.07, 6.45) is 7.64. The number of amides is 2. The topological polar surface area (TPSA) is 64.6 Å². The van der Waals surface area contributed by atoms with Crippen molar-refractivity contribution in [2.24, 2.45) is 0 Å². The maximum Gasteiger partial charge on any atom is 0.315 e. The lowest BCUT2D eigenvalue weighted by atomic mass is 10.2. The van der Waals surface area contributed by atoms with Crippen molar-refractivity contribution >= 4 is 6.03 Å². The van der Waals surface area contributed by atoms with Crippen LogP contribution in [0.5, 0.6) is 0 Å². The molecule has 5 nitrogen and oxygen atoms in total. The van der Waals surface area contributed by atoms with E-state index >= 15 is 0 Å². The Morgan fingerprint density at radius 1 is 1.35 bits per heavy atom. The summed E-state index contributed by atoms with van der Waals surface area (Å²) in [7, 11) is 0. The van der Waals surface area contributed by atoms with Gasteiger partial charge in [0.2, 0.25) is 0 Å². The molecule has 2 rings (SSSR count). The molecule has 0 radical (unpaired) electrons. The van der Waals surface area contributed by atoms with Gasteiger partial charge in [0.05, 0.1) is 6.10 Å². The van der Waals surface area contributed by atoms with E-state index in [1.165, 1.54) is 25.7 Å². The molecule has 2 amide bonds. The molecular formula is C15H29N3O2. The maximum absolute atomic E-state index is 11.8. The van der Waals surface area contributed by atoms with Crippen LogP contribution in [0.25, 0.3) is 0 Å². The third kappa shape index (κ3) is 4.63. The predicted molar refractivity (Wildman–Crippen MR) is 79.7 cm³/mol. The lowest BCUT2D eigenvalue weighted by molar-refractivity contribution is 0.159. The second kappa shape index (κ2) is 7.84. The summed E-state index contributed by atoms with van der Waals surface area (Å²) in [5.74, 6) is 0. The Hall–Kier alpha value is -0.810. The number of hydrogen-bond donors (Lipinski definition) is 3. The van der Waals surface area contributed by atoms with Gasteiger partial charge in [0.15, 0.2) is 0 Å². The molecule has 5 heteroatoms. The molecule has 1 heterocycles. The first-order chi connectivity index (χ1) is 9.69. The number of aliphatic hydroxyl groups excluding tert-OH is 1. The van der Waals surface area contributed by atoms with Crippen LogP contribution in [0.3, 0.4) is 0 Å². The Labute approximate surface area is 122 Å². The highest BCUT2D eigenvalue weighted by atomic mass is 16.3. The fourth-order valence-corrected chi connectivity index (χ4v) is 3.39. The zero-order chi connectivity index (χ0) is 14.4. The van der Waals surface area contributed by atoms with E-state index in [-0.39, 0.29) is 12.1 Å². The minimum atomic E-state index is -0.427. The van der Waals surface area contributed by atoms with Gasteiger partial charge in [-0.1, -0.05) is 26.2 Å². The Morgan fingerprint density at radius 2 is 2.10 bits per heavy atom. The zero-order valence-electron chi connectivity index (χ0n) is 12.6. The first-order valence-corrected chi connectivity index (χ1v) is 8.15. The van der Waals surface area contributed by atoms with Crippen molar-refractivity contribution < 1.29 is 9.90 Å². The molecule has 2 unspecified atom stereocenters. The number of nitrogens with zero attached hydrogens (tertiary/aromatic N) is 1. The van der Waals surface area contributed by atoms with Crippen molar-refractivity contribution in [3.63, 3.8) is 0 Å². The molecule has 2 atom stereocenters. The number of nitrogens with one attached hydrogen (secondary N) is 2. The number of hydrogen-bond acceptors (Lipinski definition) is 3. The standard InChI is InChI=1S/C15H29N3O2/c1-2-5-14(19)10-16-15(20)17-12-8-9-18(11-12)13-6-3-4-7-13/h12-14,19H,2-11H2,1H3,(H2,16,17,20). The molecule has 20 heavy (non-hydrogen) atoms. The van der Waals surface area contributed by atoms with E-state index in [2.05, 4.69) is 15.5 Å². The van der Waals surface area contributed by atoms with Crippen LogP contribution in [-0.2, 0) is 0 Å². The predicted octanol–water partition coefficient (Wildman–Crippen LogP) is 1.46. The van der Waals surface area contributed by atoms with Crippen molar-refractivity contribution in [1.29, 1.82) is 0 Å². The third-order valence-electron chi connectivity index (χ3n) is 4.52. The van der Waals surface area contributed by atoms with E-state index < -0.39 is 6.10 Å². The van der Waals surface area contributed by atoms with Crippen LogP contribution in [0.4, 0.5) is 4.79 Å². The summed E-state index contributed by atoms with van der Waals surface area (Å²) < 4.78 is 0. The van der Waals surface area contributed by atoms with E-state index in [1.54, 1.807) is 0 Å². The molecule has 1 aliphatic heterocycles. The summed E-state index contributed by atoms with van der Waals surface area (Å²) >= 11 is 0. The monoisotopic (exact) mass is 283 g/mol. The Kier molecular flexibility index (Phi) is 6.10. The van der Waals surface area contributed by atoms with Gasteiger partial charge in [-0.3, -0.25) is 4.90 Å². The largest absolute Gasteiger partial charge is 0.391 e. The van der Waals surface area contributed by atoms with Crippen LogP contribution < -0.4 is 10.6 Å². The SMILES string of the molecule is CCCC(O)CNC(=O)NC1CCN(C2CCCC2)C1. The summed E-state index contributed by atoms with van der Waals surface area (Å²) in [5.41, 5.74) is 0. The third-order valence-corrected chi connectivity index (χ3v) is 4.52. The first kappa shape index (κ1) is 15.6. The summed E-state index contributed by atoms with van der Waals surface area (Å²) in [6.45, 7) is 4.46. The highest BCUT2D eigenvalue weighted by Crippen LogP contribution is 2.26. The Bertz CT molecular complexity index is 305. The van der Waals surface area contributed by atoms with Gasteiger partial charge in [-0.2, -0.15) is 0 Å². The number of aliphatic hydroxyl groups is 1. The van der Waals surface area contributed by atoms with Crippen LogP contribution >= 0.6 is 0 Å². The molecular weight excluding hydrogens is 254 g/mol. The molecule has 0 bridgehead atoms. The van der Waals surface area contributed by atoms with E-state index in [0.717, 1.165) is 38.4 Å². The van der Waals surface area contributed by atoms with Gasteiger partial charge >= 0.3 is 6.03 Å². The van der Waals surface area contributed by atoms with Crippen LogP contribution in [0.15, 0.2) is 0 Å². The van der Waals surface area contributed by atoms with Gasteiger partial charge < -0.3 is 15.7 Å². The maximum atomic E-state index is 11.8. The highest BCUT2D eigenvalue weighted by Gasteiger charge is 2.30. The molecule has 0 aromatic carbocycles. The fraction of sp³-hybridized carbons (Fsp3) is 0.933. The first-order valence-electron chi connectivity index (χ1n) is 8.15. The normalized spacial score (nSPS) is 25.8. The zero-order valence-corrected chi connectivity index (χ0v) is 12.6. The van der Waals surface area contributed by atoms with Crippen molar-refractivity contribution in [3.8, 4) is 0 Å². The molecule has 0 aromatic heterocycles. The molecule has 0 spiro atoms. The van der Waals surface area contributed by atoms with Crippen LogP contribution in [0.1, 0.15) is 51.9 Å². The van der Waals surface area contributed by atoms with E-state index in [4.69, 9.17) is 0 Å². The Morgan fingerprint density at radius 3 is 2.80 bits per heavy atom. The van der Waals surface area contributed by atoms with Crippen molar-refractivity contribution in [3.05, 3.63) is 0 Å². The van der Waals surface area contributed by atoms with Crippen LogP contribution in [-0.4, -0.2) is 53.9 Å². The minimum Gasteiger partial charge on any atom is -0.391 e. The molecule has 0 aromatic rings. The minimum absolute atomic E-state index is 0.140. The number of carbonyl (C=O) groups is 1. The van der Waals surface area contributed by atoms with Crippen molar-refractivity contribution in [1.82, 2.24) is 15.5 Å². The second-order valence-corrected chi connectivity index (χ2v) is 6.22. The van der Waals surface area contributed by atoms with Crippen LogP contribution in [0.2, 0.25) is 0 Å². The number of rotatable bonds is 6. The van der Waals surface area contributed by atoms with E-state index in [0.29, 0.717) is 6.54 Å². The molecule has 1 saturated heterocycles. The smallest absolute Gasteiger partial charge is 0.315 e. The molecule has 1 saturated carbocycles. The number of carbonyl (C=O) groups excluding carboxylic acids is 1. The van der Waals surface area contributed by atoms with Crippen molar-refractivity contribution in [2.75, 3.05) is 19.6 Å². The Balaban J connectivity index is 1.62. The van der Waals surface area contributed by atoms with Gasteiger partial charge in [0.1, 0.15) is 0 Å².